The van der Waals surface area contributed by atoms with Crippen LogP contribution in [0.2, 0.25) is 0 Å². The van der Waals surface area contributed by atoms with Gasteiger partial charge in [-0.15, -0.1) is 0 Å². The normalized spacial score (nSPS) is 10.2. The molecule has 0 aliphatic carbocycles. The van der Waals surface area contributed by atoms with E-state index >= 15 is 0 Å². The number of phenolic OH excluding ortho intramolecular Hbond substituents is 1. The van der Waals surface area contributed by atoms with E-state index in [-0.39, 0.29) is 5.75 Å². The highest BCUT2D eigenvalue weighted by atomic mass is 16.3. The average molecular weight is 174 g/mol. The largest absolute Gasteiger partial charge is 0.507 e. The van der Waals surface area contributed by atoms with Gasteiger partial charge in [-0.05, 0) is 12.1 Å². The van der Waals surface area contributed by atoms with Crippen LogP contribution in [0.1, 0.15) is 0 Å². The molecule has 1 N–H and O–H groups in total. The number of benzene rings is 1. The van der Waals surface area contributed by atoms with Crippen LogP contribution in [0.15, 0.2) is 36.8 Å². The molecule has 0 aliphatic heterocycles. The second-order valence-corrected chi connectivity index (χ2v) is 2.94. The molecule has 0 radical (unpaired) electrons. The highest BCUT2D eigenvalue weighted by molar-refractivity contribution is 5.65. The summed E-state index contributed by atoms with van der Waals surface area (Å²) in [5.74, 6) is 0.265. The summed E-state index contributed by atoms with van der Waals surface area (Å²) in [5.41, 5.74) is 1.56. The van der Waals surface area contributed by atoms with Gasteiger partial charge in [0, 0.05) is 18.8 Å². The van der Waals surface area contributed by atoms with E-state index in [0.29, 0.717) is 0 Å². The molecule has 0 aliphatic rings. The van der Waals surface area contributed by atoms with Crippen LogP contribution < -0.4 is 0 Å². The molecular weight excluding hydrogens is 164 g/mol. The zero-order valence-electron chi connectivity index (χ0n) is 7.31. The summed E-state index contributed by atoms with van der Waals surface area (Å²) in [6.07, 6.45) is 3.58. The van der Waals surface area contributed by atoms with Gasteiger partial charge in [0.1, 0.15) is 5.75 Å². The zero-order chi connectivity index (χ0) is 9.26. The first kappa shape index (κ1) is 7.86. The summed E-state index contributed by atoms with van der Waals surface area (Å²) >= 11 is 0. The van der Waals surface area contributed by atoms with E-state index in [0.717, 1.165) is 11.3 Å². The smallest absolute Gasteiger partial charge is 0.125 e. The number of rotatable bonds is 1. The summed E-state index contributed by atoms with van der Waals surface area (Å²) < 4.78 is 1.85. The van der Waals surface area contributed by atoms with E-state index in [1.165, 1.54) is 0 Å². The van der Waals surface area contributed by atoms with E-state index in [9.17, 15) is 5.11 Å². The minimum absolute atomic E-state index is 0.265. The number of aryl methyl sites for hydroxylation is 1. The lowest BCUT2D eigenvalue weighted by Gasteiger charge is -1.98. The first-order chi connectivity index (χ1) is 6.27. The quantitative estimate of drug-likeness (QED) is 0.715. The van der Waals surface area contributed by atoms with Crippen molar-refractivity contribution < 1.29 is 5.11 Å². The number of phenols is 1. The fraction of sp³-hybridized carbons (Fsp3) is 0.100. The molecule has 0 unspecified atom stereocenters. The van der Waals surface area contributed by atoms with Gasteiger partial charge in [0.2, 0.25) is 0 Å². The fourth-order valence-corrected chi connectivity index (χ4v) is 1.24. The minimum Gasteiger partial charge on any atom is -0.507 e. The van der Waals surface area contributed by atoms with E-state index < -0.39 is 0 Å². The maximum Gasteiger partial charge on any atom is 0.125 e. The van der Waals surface area contributed by atoms with Crippen LogP contribution >= 0.6 is 0 Å². The van der Waals surface area contributed by atoms with Crippen molar-refractivity contribution in [2.45, 2.75) is 0 Å². The summed E-state index contributed by atoms with van der Waals surface area (Å²) in [7, 11) is 1.90. The van der Waals surface area contributed by atoms with Crippen LogP contribution in [0.3, 0.4) is 0 Å². The van der Waals surface area contributed by atoms with Crippen molar-refractivity contribution in [1.29, 1.82) is 0 Å². The Morgan fingerprint density at radius 2 is 2.08 bits per heavy atom. The molecule has 0 atom stereocenters. The Morgan fingerprint density at radius 3 is 2.69 bits per heavy atom. The number of imidazole rings is 1. The predicted molar refractivity (Wildman–Crippen MR) is 50.3 cm³/mol. The molecule has 2 rings (SSSR count). The van der Waals surface area contributed by atoms with Gasteiger partial charge in [-0.25, -0.2) is 4.98 Å². The minimum atomic E-state index is 0.265. The molecule has 0 amide bonds. The van der Waals surface area contributed by atoms with Gasteiger partial charge in [-0.2, -0.15) is 0 Å². The number of aromatic nitrogens is 2. The third-order valence-corrected chi connectivity index (χ3v) is 1.88. The standard InChI is InChI=1S/C10H10N2O/c1-12-6-9(11-7-12)8-4-2-3-5-10(8)13/h2-7,13H,1H3. The van der Waals surface area contributed by atoms with Crippen molar-refractivity contribution >= 4 is 0 Å². The number of hydrogen-bond donors (Lipinski definition) is 1. The molecule has 1 heterocycles. The van der Waals surface area contributed by atoms with Crippen LogP contribution in [0.25, 0.3) is 11.3 Å². The van der Waals surface area contributed by atoms with E-state index in [1.807, 2.05) is 29.9 Å². The third kappa shape index (κ3) is 1.40. The SMILES string of the molecule is Cn1cnc(-c2ccccc2O)c1. The topological polar surface area (TPSA) is 38.0 Å². The van der Waals surface area contributed by atoms with Gasteiger partial charge in [0.05, 0.1) is 12.0 Å². The lowest BCUT2D eigenvalue weighted by Crippen LogP contribution is -1.79. The lowest BCUT2D eigenvalue weighted by molar-refractivity contribution is 0.477. The molecule has 0 fully saturated rings. The van der Waals surface area contributed by atoms with E-state index in [2.05, 4.69) is 4.98 Å². The molecular formula is C10H10N2O. The van der Waals surface area contributed by atoms with Gasteiger partial charge in [0.25, 0.3) is 0 Å². The van der Waals surface area contributed by atoms with Gasteiger partial charge < -0.3 is 9.67 Å². The lowest BCUT2D eigenvalue weighted by atomic mass is 10.1. The second-order valence-electron chi connectivity index (χ2n) is 2.94. The first-order valence-corrected chi connectivity index (χ1v) is 4.04. The summed E-state index contributed by atoms with van der Waals surface area (Å²) in [5, 5.41) is 9.52. The van der Waals surface area contributed by atoms with Crippen LogP contribution in [0.4, 0.5) is 0 Å². The molecule has 0 spiro atoms. The summed E-state index contributed by atoms with van der Waals surface area (Å²) in [6.45, 7) is 0. The monoisotopic (exact) mass is 174 g/mol. The Morgan fingerprint density at radius 1 is 1.31 bits per heavy atom. The first-order valence-electron chi connectivity index (χ1n) is 4.04. The molecule has 0 saturated heterocycles. The van der Waals surface area contributed by atoms with Crippen LogP contribution in [-0.2, 0) is 7.05 Å². The highest BCUT2D eigenvalue weighted by Gasteiger charge is 2.04. The van der Waals surface area contributed by atoms with Crippen molar-refractivity contribution in [2.75, 3.05) is 0 Å². The Labute approximate surface area is 76.3 Å². The molecule has 0 bridgehead atoms. The van der Waals surface area contributed by atoms with Crippen molar-refractivity contribution in [3.63, 3.8) is 0 Å². The van der Waals surface area contributed by atoms with Crippen LogP contribution in [0, 0.1) is 0 Å². The van der Waals surface area contributed by atoms with Gasteiger partial charge in [0.15, 0.2) is 0 Å². The number of aromatic hydroxyl groups is 1. The molecule has 66 valence electrons. The summed E-state index contributed by atoms with van der Waals surface area (Å²) in [4.78, 5) is 4.15. The molecule has 3 heteroatoms. The van der Waals surface area contributed by atoms with Crippen LogP contribution in [-0.4, -0.2) is 14.7 Å². The van der Waals surface area contributed by atoms with Crippen LogP contribution in [0.5, 0.6) is 5.75 Å². The van der Waals surface area contributed by atoms with Crippen molar-refractivity contribution in [3.8, 4) is 17.0 Å². The number of nitrogens with zero attached hydrogens (tertiary/aromatic N) is 2. The second kappa shape index (κ2) is 2.94. The maximum atomic E-state index is 9.52. The predicted octanol–water partition coefficient (Wildman–Crippen LogP) is 1.79. The average Bonchev–Trinajstić information content (AvgIpc) is 2.53. The Bertz CT molecular complexity index is 420. The van der Waals surface area contributed by atoms with Gasteiger partial charge in [-0.1, -0.05) is 12.1 Å². The molecule has 13 heavy (non-hydrogen) atoms. The van der Waals surface area contributed by atoms with E-state index in [1.54, 1.807) is 18.5 Å². The zero-order valence-corrected chi connectivity index (χ0v) is 7.31. The van der Waals surface area contributed by atoms with Gasteiger partial charge >= 0.3 is 0 Å². The molecule has 3 nitrogen and oxygen atoms in total. The summed E-state index contributed by atoms with van der Waals surface area (Å²) in [6, 6.07) is 7.17. The fourth-order valence-electron chi connectivity index (χ4n) is 1.24. The third-order valence-electron chi connectivity index (χ3n) is 1.88. The Balaban J connectivity index is 2.52. The number of para-hydroxylation sites is 1. The molecule has 1 aromatic heterocycles. The van der Waals surface area contributed by atoms with Crippen molar-refractivity contribution in [3.05, 3.63) is 36.8 Å². The molecule has 0 saturated carbocycles. The number of hydrogen-bond acceptors (Lipinski definition) is 2. The Hall–Kier alpha value is -1.77. The maximum absolute atomic E-state index is 9.52. The van der Waals surface area contributed by atoms with E-state index in [4.69, 9.17) is 0 Å². The van der Waals surface area contributed by atoms with Crippen molar-refractivity contribution in [2.24, 2.45) is 7.05 Å². The van der Waals surface area contributed by atoms with Gasteiger partial charge in [-0.3, -0.25) is 0 Å². The molecule has 1 aromatic carbocycles. The molecule has 2 aromatic rings. The van der Waals surface area contributed by atoms with Crippen molar-refractivity contribution in [1.82, 2.24) is 9.55 Å². The Kier molecular flexibility index (Phi) is 1.77. The highest BCUT2D eigenvalue weighted by Crippen LogP contribution is 2.26.